The molecule has 35 heavy (non-hydrogen) atoms. The van der Waals surface area contributed by atoms with Crippen LogP contribution in [0.4, 0.5) is 10.3 Å². The predicted octanol–water partition coefficient (Wildman–Crippen LogP) is 5.08. The standard InChI is InChI=1S/C25H32ClFN6OS/c1-16-19(17-7-11-28-21(27)20(17)26)22-29-12-14-33(22)23(30-16)32-13-10-25(8-5-6-9-25)18(15-32)31-35(34)24(2,3)4/h7,11-12,14,18,31H,5-6,8-10,13,15H2,1-4H3/t18?,35-/m1/s1. The lowest BCUT2D eigenvalue weighted by Crippen LogP contribution is -2.60. The molecule has 0 radical (unpaired) electrons. The third-order valence-corrected chi connectivity index (χ3v) is 9.51. The van der Waals surface area contributed by atoms with E-state index in [1.54, 1.807) is 12.3 Å². The van der Waals surface area contributed by atoms with Crippen molar-refractivity contribution in [3.8, 4) is 11.1 Å². The van der Waals surface area contributed by atoms with Crippen molar-refractivity contribution in [1.29, 1.82) is 0 Å². The topological polar surface area (TPSA) is 81.4 Å². The first kappa shape index (κ1) is 24.7. The van der Waals surface area contributed by atoms with E-state index >= 15 is 0 Å². The van der Waals surface area contributed by atoms with Gasteiger partial charge in [-0.2, -0.15) is 4.39 Å². The van der Waals surface area contributed by atoms with E-state index in [1.807, 2.05) is 38.3 Å². The zero-order valence-corrected chi connectivity index (χ0v) is 22.2. The fourth-order valence-electron chi connectivity index (χ4n) is 5.59. The zero-order valence-electron chi connectivity index (χ0n) is 20.6. The van der Waals surface area contributed by atoms with Crippen LogP contribution in [0.25, 0.3) is 16.8 Å². The number of halogens is 2. The fraction of sp³-hybridized carbons (Fsp3) is 0.560. The van der Waals surface area contributed by atoms with Gasteiger partial charge in [0.25, 0.3) is 0 Å². The normalized spacial score (nSPS) is 21.2. The monoisotopic (exact) mass is 518 g/mol. The number of anilines is 1. The van der Waals surface area contributed by atoms with Crippen LogP contribution in [-0.4, -0.2) is 47.8 Å². The Morgan fingerprint density at radius 3 is 2.66 bits per heavy atom. The maximum absolute atomic E-state index is 14.1. The molecule has 1 aliphatic heterocycles. The Balaban J connectivity index is 1.53. The number of imidazole rings is 1. The van der Waals surface area contributed by atoms with Crippen LogP contribution >= 0.6 is 11.6 Å². The van der Waals surface area contributed by atoms with E-state index in [-0.39, 0.29) is 21.2 Å². The number of aromatic nitrogens is 4. The minimum atomic E-state index is -1.16. The van der Waals surface area contributed by atoms with Crippen LogP contribution in [0.3, 0.4) is 0 Å². The summed E-state index contributed by atoms with van der Waals surface area (Å²) in [5.41, 5.74) is 2.77. The van der Waals surface area contributed by atoms with Crippen molar-refractivity contribution in [2.24, 2.45) is 5.41 Å². The number of fused-ring (bicyclic) bond motifs is 1. The average molecular weight is 519 g/mol. The van der Waals surface area contributed by atoms with Crippen LogP contribution in [0.2, 0.25) is 5.02 Å². The molecule has 2 fully saturated rings. The summed E-state index contributed by atoms with van der Waals surface area (Å²) in [5.74, 6) is 0.0709. The Bertz CT molecular complexity index is 1240. The lowest BCUT2D eigenvalue weighted by molar-refractivity contribution is 0.174. The smallest absolute Gasteiger partial charge is 0.232 e. The average Bonchev–Trinajstić information content (AvgIpc) is 3.47. The highest BCUT2D eigenvalue weighted by atomic mass is 35.5. The molecule has 3 aromatic heterocycles. The Morgan fingerprint density at radius 1 is 1.20 bits per heavy atom. The Kier molecular flexibility index (Phi) is 6.49. The highest BCUT2D eigenvalue weighted by Crippen LogP contribution is 2.47. The molecule has 5 rings (SSSR count). The van der Waals surface area contributed by atoms with E-state index in [1.165, 1.54) is 19.0 Å². The number of nitrogens with zero attached hydrogens (tertiary/aromatic N) is 5. The van der Waals surface area contributed by atoms with E-state index in [0.29, 0.717) is 23.3 Å². The molecule has 10 heteroatoms. The Labute approximate surface area is 213 Å². The predicted molar refractivity (Wildman–Crippen MR) is 138 cm³/mol. The van der Waals surface area contributed by atoms with Crippen molar-refractivity contribution in [3.05, 3.63) is 41.3 Å². The summed E-state index contributed by atoms with van der Waals surface area (Å²) in [6.45, 7) is 9.49. The second-order valence-corrected chi connectivity index (χ2v) is 13.1. The van der Waals surface area contributed by atoms with Gasteiger partial charge in [0.1, 0.15) is 15.4 Å². The van der Waals surface area contributed by atoms with Gasteiger partial charge in [0.15, 0.2) is 0 Å². The maximum Gasteiger partial charge on any atom is 0.232 e. The van der Waals surface area contributed by atoms with Gasteiger partial charge in [-0.1, -0.05) is 24.4 Å². The lowest BCUT2D eigenvalue weighted by atomic mass is 9.73. The number of hydrogen-bond acceptors (Lipinski definition) is 6. The van der Waals surface area contributed by atoms with Gasteiger partial charge in [0.05, 0.1) is 11.7 Å². The molecule has 1 N–H and O–H groups in total. The van der Waals surface area contributed by atoms with Gasteiger partial charge in [0.2, 0.25) is 11.9 Å². The SMILES string of the molecule is Cc1nc(N2CCC3(CCCC3)C(N[S@+]([O-])C(C)(C)C)C2)n2ccnc2c1-c1ccnc(F)c1Cl. The largest absolute Gasteiger partial charge is 0.598 e. The molecule has 1 saturated heterocycles. The number of rotatable bonds is 4. The molecule has 2 aliphatic rings. The van der Waals surface area contributed by atoms with Crippen molar-refractivity contribution in [2.45, 2.75) is 70.6 Å². The van der Waals surface area contributed by atoms with Gasteiger partial charge in [0, 0.05) is 54.2 Å². The third kappa shape index (κ3) is 4.41. The first-order chi connectivity index (χ1) is 16.6. The molecule has 0 aromatic carbocycles. The van der Waals surface area contributed by atoms with Crippen LogP contribution in [0.1, 0.15) is 58.6 Å². The Hall–Kier alpha value is -1.94. The van der Waals surface area contributed by atoms with Gasteiger partial charge in [-0.25, -0.2) is 15.0 Å². The number of pyridine rings is 1. The fourth-order valence-corrected chi connectivity index (χ4v) is 6.73. The van der Waals surface area contributed by atoms with Crippen LogP contribution in [-0.2, 0) is 11.4 Å². The highest BCUT2D eigenvalue weighted by Gasteiger charge is 2.48. The van der Waals surface area contributed by atoms with Crippen molar-refractivity contribution in [2.75, 3.05) is 18.0 Å². The summed E-state index contributed by atoms with van der Waals surface area (Å²) >= 11 is 5.12. The molecule has 188 valence electrons. The molecule has 2 atom stereocenters. The molecule has 0 amide bonds. The maximum atomic E-state index is 14.1. The summed E-state index contributed by atoms with van der Waals surface area (Å²) in [5, 5.41) is -0.0369. The molecule has 1 saturated carbocycles. The van der Waals surface area contributed by atoms with E-state index in [9.17, 15) is 8.94 Å². The van der Waals surface area contributed by atoms with Crippen LogP contribution in [0, 0.1) is 18.3 Å². The lowest BCUT2D eigenvalue weighted by Gasteiger charge is -2.47. The second-order valence-electron chi connectivity index (χ2n) is 10.8. The summed E-state index contributed by atoms with van der Waals surface area (Å²) in [4.78, 5) is 15.5. The quantitative estimate of drug-likeness (QED) is 0.383. The first-order valence-electron chi connectivity index (χ1n) is 12.2. The molecule has 4 heterocycles. The van der Waals surface area contributed by atoms with Crippen LogP contribution in [0.15, 0.2) is 24.7 Å². The van der Waals surface area contributed by atoms with Crippen molar-refractivity contribution in [3.63, 3.8) is 0 Å². The van der Waals surface area contributed by atoms with E-state index in [0.717, 1.165) is 37.4 Å². The summed E-state index contributed by atoms with van der Waals surface area (Å²) < 4.78 is 32.4. The summed E-state index contributed by atoms with van der Waals surface area (Å²) in [6.07, 6.45) is 10.8. The minimum Gasteiger partial charge on any atom is -0.598 e. The van der Waals surface area contributed by atoms with Gasteiger partial charge in [-0.15, -0.1) is 4.72 Å². The molecular weight excluding hydrogens is 487 g/mol. The molecule has 0 bridgehead atoms. The van der Waals surface area contributed by atoms with E-state index < -0.39 is 17.3 Å². The molecule has 1 unspecified atom stereocenters. The van der Waals surface area contributed by atoms with Gasteiger partial charge >= 0.3 is 0 Å². The van der Waals surface area contributed by atoms with Crippen LogP contribution in [0.5, 0.6) is 0 Å². The van der Waals surface area contributed by atoms with Crippen molar-refractivity contribution >= 4 is 34.6 Å². The molecule has 1 aliphatic carbocycles. The second kappa shape index (κ2) is 9.18. The number of piperidine rings is 1. The minimum absolute atomic E-state index is 0.0369. The molecule has 7 nitrogen and oxygen atoms in total. The number of aryl methyl sites for hydroxylation is 1. The first-order valence-corrected chi connectivity index (χ1v) is 13.7. The van der Waals surface area contributed by atoms with Crippen molar-refractivity contribution < 1.29 is 8.94 Å². The molecular formula is C25H32ClFN6OS. The van der Waals surface area contributed by atoms with E-state index in [2.05, 4.69) is 19.6 Å². The van der Waals surface area contributed by atoms with Gasteiger partial charge in [-0.05, 0) is 58.4 Å². The molecule has 1 spiro atoms. The summed E-state index contributed by atoms with van der Waals surface area (Å²) in [7, 11) is 0. The molecule has 3 aromatic rings. The zero-order chi connectivity index (χ0) is 25.0. The van der Waals surface area contributed by atoms with E-state index in [4.69, 9.17) is 16.6 Å². The summed E-state index contributed by atoms with van der Waals surface area (Å²) in [6, 6.07) is 1.79. The van der Waals surface area contributed by atoms with Crippen LogP contribution < -0.4 is 9.62 Å². The number of hydrogen-bond donors (Lipinski definition) is 1. The van der Waals surface area contributed by atoms with Crippen molar-refractivity contribution in [1.82, 2.24) is 24.1 Å². The Morgan fingerprint density at radius 2 is 1.94 bits per heavy atom. The highest BCUT2D eigenvalue weighted by molar-refractivity contribution is 7.90. The van der Waals surface area contributed by atoms with Gasteiger partial charge < -0.3 is 9.45 Å². The van der Waals surface area contributed by atoms with Gasteiger partial charge in [-0.3, -0.25) is 4.40 Å². The third-order valence-electron chi connectivity index (χ3n) is 7.53. The number of nitrogens with one attached hydrogen (secondary N) is 1.